The van der Waals surface area contributed by atoms with Gasteiger partial charge in [0.05, 0.1) is 11.3 Å². The zero-order chi connectivity index (χ0) is 22.0. The van der Waals surface area contributed by atoms with Crippen LogP contribution >= 0.6 is 0 Å². The molecule has 1 N–H and O–H groups in total. The number of aryl methyl sites for hydroxylation is 3. The predicted octanol–water partition coefficient (Wildman–Crippen LogP) is 2.84. The second-order valence-corrected chi connectivity index (χ2v) is 8.03. The number of rotatable bonds is 5. The smallest absolute Gasteiger partial charge is 0.260 e. The fraction of sp³-hybridized carbons (Fsp3) is 0.391. The van der Waals surface area contributed by atoms with Crippen LogP contribution < -0.4 is 10.1 Å². The van der Waals surface area contributed by atoms with E-state index in [0.717, 1.165) is 40.8 Å². The van der Waals surface area contributed by atoms with E-state index in [1.54, 1.807) is 9.58 Å². The van der Waals surface area contributed by atoms with Gasteiger partial charge < -0.3 is 15.0 Å². The van der Waals surface area contributed by atoms with E-state index >= 15 is 0 Å². The van der Waals surface area contributed by atoms with Crippen LogP contribution in [0.5, 0.6) is 5.88 Å². The Balaban J connectivity index is 1.39. The summed E-state index contributed by atoms with van der Waals surface area (Å²) in [5.74, 6) is -0.0274. The third kappa shape index (κ3) is 4.52. The Morgan fingerprint density at radius 1 is 1.23 bits per heavy atom. The Morgan fingerprint density at radius 2 is 2.00 bits per heavy atom. The fourth-order valence-corrected chi connectivity index (χ4v) is 4.06. The number of ether oxygens (including phenoxy) is 1. The molecular weight excluding hydrogens is 394 g/mol. The van der Waals surface area contributed by atoms with E-state index in [1.807, 2.05) is 57.3 Å². The molecule has 1 fully saturated rings. The average Bonchev–Trinajstić information content (AvgIpc) is 3.08. The minimum Gasteiger partial charge on any atom is -0.466 e. The van der Waals surface area contributed by atoms with Crippen LogP contribution in [0, 0.1) is 19.8 Å². The van der Waals surface area contributed by atoms with E-state index in [1.165, 1.54) is 0 Å². The lowest BCUT2D eigenvalue weighted by Crippen LogP contribution is -2.45. The zero-order valence-corrected chi connectivity index (χ0v) is 18.1. The number of hydrogen-bond donors (Lipinski definition) is 1. The van der Waals surface area contributed by atoms with Gasteiger partial charge in [-0.3, -0.25) is 9.59 Å². The number of nitrogens with zero attached hydrogens (tertiary/aromatic N) is 4. The number of hydrogen-bond acceptors (Lipinski definition) is 5. The van der Waals surface area contributed by atoms with Crippen molar-refractivity contribution < 1.29 is 14.3 Å². The number of pyridine rings is 1. The second-order valence-electron chi connectivity index (χ2n) is 8.03. The number of nitrogens with one attached hydrogen (secondary N) is 1. The molecular formula is C23H27N5O3. The number of fused-ring (bicyclic) bond motifs is 1. The molecule has 31 heavy (non-hydrogen) atoms. The van der Waals surface area contributed by atoms with Gasteiger partial charge in [-0.25, -0.2) is 9.67 Å². The number of piperidine rings is 1. The quantitative estimate of drug-likeness (QED) is 0.684. The summed E-state index contributed by atoms with van der Waals surface area (Å²) >= 11 is 0. The Kier molecular flexibility index (Phi) is 5.88. The van der Waals surface area contributed by atoms with Crippen molar-refractivity contribution in [3.8, 4) is 5.88 Å². The number of aromatic nitrogens is 3. The first-order valence-corrected chi connectivity index (χ1v) is 10.5. The van der Waals surface area contributed by atoms with Crippen molar-refractivity contribution in [2.45, 2.75) is 26.7 Å². The average molecular weight is 422 g/mol. The highest BCUT2D eigenvalue weighted by molar-refractivity contribution is 5.93. The summed E-state index contributed by atoms with van der Waals surface area (Å²) in [6.07, 6.45) is 1.55. The van der Waals surface area contributed by atoms with E-state index in [9.17, 15) is 9.59 Å². The van der Waals surface area contributed by atoms with Gasteiger partial charge in [0.2, 0.25) is 11.8 Å². The molecule has 3 heterocycles. The Labute approximate surface area is 181 Å². The highest BCUT2D eigenvalue weighted by atomic mass is 16.5. The number of carbonyl (C=O) groups excluding carboxylic acids is 2. The van der Waals surface area contributed by atoms with Gasteiger partial charge in [0.25, 0.3) is 5.91 Å². The van der Waals surface area contributed by atoms with Crippen molar-refractivity contribution in [1.82, 2.24) is 19.7 Å². The topological polar surface area (TPSA) is 89.4 Å². The maximum Gasteiger partial charge on any atom is 0.260 e. The zero-order valence-electron chi connectivity index (χ0n) is 18.1. The van der Waals surface area contributed by atoms with Gasteiger partial charge >= 0.3 is 0 Å². The molecule has 2 amide bonds. The number of amides is 2. The van der Waals surface area contributed by atoms with Crippen LogP contribution in [0.15, 0.2) is 36.4 Å². The lowest BCUT2D eigenvalue weighted by Gasteiger charge is -2.32. The van der Waals surface area contributed by atoms with Gasteiger partial charge in [-0.05, 0) is 50.5 Å². The maximum absolute atomic E-state index is 12.8. The number of anilines is 1. The lowest BCUT2D eigenvalue weighted by molar-refractivity contribution is -0.136. The molecule has 0 radical (unpaired) electrons. The summed E-state index contributed by atoms with van der Waals surface area (Å²) in [7, 11) is 1.81. The third-order valence-electron chi connectivity index (χ3n) is 5.61. The first kappa shape index (κ1) is 20.8. The molecule has 3 aromatic rings. The van der Waals surface area contributed by atoms with Gasteiger partial charge in [-0.1, -0.05) is 18.2 Å². The van der Waals surface area contributed by atoms with Gasteiger partial charge in [-0.2, -0.15) is 0 Å². The largest absolute Gasteiger partial charge is 0.466 e. The Bertz CT molecular complexity index is 1110. The minimum atomic E-state index is -0.233. The minimum absolute atomic E-state index is 0.0580. The summed E-state index contributed by atoms with van der Waals surface area (Å²) in [5, 5.41) is 8.15. The van der Waals surface area contributed by atoms with Crippen molar-refractivity contribution in [3.05, 3.63) is 47.7 Å². The number of para-hydroxylation sites is 1. The highest BCUT2D eigenvalue weighted by Crippen LogP contribution is 2.27. The van der Waals surface area contributed by atoms with Crippen molar-refractivity contribution in [2.75, 3.05) is 25.0 Å². The molecule has 1 saturated heterocycles. The van der Waals surface area contributed by atoms with E-state index in [0.29, 0.717) is 19.0 Å². The second kappa shape index (κ2) is 8.75. The highest BCUT2D eigenvalue weighted by Gasteiger charge is 2.29. The third-order valence-corrected chi connectivity index (χ3v) is 5.61. The van der Waals surface area contributed by atoms with Gasteiger partial charge in [0, 0.05) is 31.5 Å². The van der Waals surface area contributed by atoms with Crippen LogP contribution in [-0.4, -0.2) is 51.2 Å². The molecule has 2 aromatic heterocycles. The number of benzene rings is 1. The summed E-state index contributed by atoms with van der Waals surface area (Å²) in [4.78, 5) is 31.7. The molecule has 1 aliphatic heterocycles. The molecule has 0 saturated carbocycles. The lowest BCUT2D eigenvalue weighted by atomic mass is 9.97. The van der Waals surface area contributed by atoms with Crippen LogP contribution in [0.3, 0.4) is 0 Å². The first-order chi connectivity index (χ1) is 14.9. The van der Waals surface area contributed by atoms with Crippen LogP contribution in [0.1, 0.15) is 24.1 Å². The van der Waals surface area contributed by atoms with Crippen LogP contribution in [0.2, 0.25) is 0 Å². The number of likely N-dealkylation sites (tertiary alicyclic amines) is 1. The molecule has 1 aliphatic rings. The van der Waals surface area contributed by atoms with E-state index < -0.39 is 0 Å². The fourth-order valence-electron chi connectivity index (χ4n) is 4.06. The standard InChI is InChI=1S/C23H27N5O3/c1-15-12-16(2)24-21-20(15)23(26-27(21)3)31-14-19(29)28-11-7-8-17(13-28)22(30)25-18-9-5-4-6-10-18/h4-6,9-10,12,17H,7-8,11,13-14H2,1-3H3,(H,25,30). The van der Waals surface area contributed by atoms with E-state index in [2.05, 4.69) is 15.4 Å². The van der Waals surface area contributed by atoms with Gasteiger partial charge in [-0.15, -0.1) is 5.10 Å². The van der Waals surface area contributed by atoms with Crippen LogP contribution in [-0.2, 0) is 16.6 Å². The molecule has 162 valence electrons. The monoisotopic (exact) mass is 421 g/mol. The Morgan fingerprint density at radius 3 is 2.77 bits per heavy atom. The van der Waals surface area contributed by atoms with Gasteiger partial charge in [0.15, 0.2) is 12.3 Å². The van der Waals surface area contributed by atoms with Gasteiger partial charge in [0.1, 0.15) is 0 Å². The molecule has 0 bridgehead atoms. The van der Waals surface area contributed by atoms with Crippen molar-refractivity contribution in [2.24, 2.45) is 13.0 Å². The molecule has 0 spiro atoms. The summed E-state index contributed by atoms with van der Waals surface area (Å²) < 4.78 is 7.47. The summed E-state index contributed by atoms with van der Waals surface area (Å²) in [6.45, 7) is 4.81. The van der Waals surface area contributed by atoms with E-state index in [-0.39, 0.29) is 24.3 Å². The molecule has 8 heteroatoms. The summed E-state index contributed by atoms with van der Waals surface area (Å²) in [6, 6.07) is 11.3. The van der Waals surface area contributed by atoms with E-state index in [4.69, 9.17) is 4.74 Å². The van der Waals surface area contributed by atoms with Crippen molar-refractivity contribution in [1.29, 1.82) is 0 Å². The molecule has 8 nitrogen and oxygen atoms in total. The molecule has 1 aromatic carbocycles. The maximum atomic E-state index is 12.8. The molecule has 4 rings (SSSR count). The summed E-state index contributed by atoms with van der Waals surface area (Å²) in [5.41, 5.74) is 3.41. The SMILES string of the molecule is Cc1cc(C)c2c(OCC(=O)N3CCCC(C(=O)Nc4ccccc4)C3)nn(C)c2n1. The molecule has 1 unspecified atom stereocenters. The number of carbonyl (C=O) groups is 2. The van der Waals surface area contributed by atoms with Crippen LogP contribution in [0.25, 0.3) is 11.0 Å². The first-order valence-electron chi connectivity index (χ1n) is 10.5. The predicted molar refractivity (Wildman–Crippen MR) is 118 cm³/mol. The molecule has 0 aliphatic carbocycles. The normalized spacial score (nSPS) is 16.4. The van der Waals surface area contributed by atoms with Crippen molar-refractivity contribution >= 4 is 28.5 Å². The Hall–Kier alpha value is -3.42. The van der Waals surface area contributed by atoms with Crippen LogP contribution in [0.4, 0.5) is 5.69 Å². The molecule has 1 atom stereocenters. The van der Waals surface area contributed by atoms with Crippen molar-refractivity contribution in [3.63, 3.8) is 0 Å².